The highest BCUT2D eigenvalue weighted by Crippen LogP contribution is 2.38. The summed E-state index contributed by atoms with van der Waals surface area (Å²) in [7, 11) is -3.54. The molecule has 4 rings (SSSR count). The zero-order chi connectivity index (χ0) is 18.3. The van der Waals surface area contributed by atoms with Crippen LogP contribution in [0.4, 0.5) is 5.69 Å². The normalized spacial score (nSPS) is 21.4. The summed E-state index contributed by atoms with van der Waals surface area (Å²) in [5.41, 5.74) is 1.65. The second kappa shape index (κ2) is 6.31. The fraction of sp³-hybridized carbons (Fsp3) is 0.316. The number of nitriles is 1. The van der Waals surface area contributed by atoms with Gasteiger partial charge in [0.2, 0.25) is 10.0 Å². The first-order chi connectivity index (χ1) is 12.5. The highest BCUT2D eigenvalue weighted by molar-refractivity contribution is 7.89. The van der Waals surface area contributed by atoms with E-state index in [0.717, 1.165) is 30.6 Å². The van der Waals surface area contributed by atoms with Crippen LogP contribution in [0, 0.1) is 11.3 Å². The van der Waals surface area contributed by atoms with Crippen LogP contribution in [0.3, 0.4) is 0 Å². The lowest BCUT2D eigenvalue weighted by Crippen LogP contribution is -2.48. The molecule has 6 nitrogen and oxygen atoms in total. The van der Waals surface area contributed by atoms with Gasteiger partial charge in [-0.3, -0.25) is 0 Å². The van der Waals surface area contributed by atoms with E-state index < -0.39 is 10.0 Å². The van der Waals surface area contributed by atoms with Crippen molar-refractivity contribution in [3.63, 3.8) is 0 Å². The summed E-state index contributed by atoms with van der Waals surface area (Å²) in [5, 5.41) is 8.97. The Bertz CT molecular complexity index is 980. The number of nitrogens with zero attached hydrogens (tertiary/aromatic N) is 2. The molecule has 1 fully saturated rings. The molecule has 2 aromatic carbocycles. The van der Waals surface area contributed by atoms with Crippen molar-refractivity contribution in [1.82, 2.24) is 4.72 Å². The van der Waals surface area contributed by atoms with Gasteiger partial charge < -0.3 is 9.64 Å². The Hall–Kier alpha value is -2.56. The Morgan fingerprint density at radius 3 is 2.69 bits per heavy atom. The third-order valence-corrected chi connectivity index (χ3v) is 6.37. The molecule has 134 valence electrons. The summed E-state index contributed by atoms with van der Waals surface area (Å²) in [4.78, 5) is 2.35. The number of benzene rings is 2. The van der Waals surface area contributed by atoms with Gasteiger partial charge in [0.1, 0.15) is 16.4 Å². The first kappa shape index (κ1) is 16.9. The minimum atomic E-state index is -3.54. The molecule has 26 heavy (non-hydrogen) atoms. The van der Waals surface area contributed by atoms with E-state index in [1.54, 1.807) is 24.3 Å². The summed E-state index contributed by atoms with van der Waals surface area (Å²) >= 11 is 0. The lowest BCUT2D eigenvalue weighted by molar-refractivity contribution is 0.478. The van der Waals surface area contributed by atoms with Crippen molar-refractivity contribution >= 4 is 15.7 Å². The molecule has 2 atom stereocenters. The van der Waals surface area contributed by atoms with Crippen LogP contribution >= 0.6 is 0 Å². The molecule has 1 N–H and O–H groups in total. The molecule has 0 aliphatic carbocycles. The fourth-order valence-electron chi connectivity index (χ4n) is 3.47. The van der Waals surface area contributed by atoms with Crippen LogP contribution in [0.1, 0.15) is 31.2 Å². The maximum atomic E-state index is 12.5. The topological polar surface area (TPSA) is 82.4 Å². The predicted octanol–water partition coefficient (Wildman–Crippen LogP) is 3.32. The van der Waals surface area contributed by atoms with Crippen molar-refractivity contribution in [3.8, 4) is 17.6 Å². The quantitative estimate of drug-likeness (QED) is 0.897. The van der Waals surface area contributed by atoms with E-state index in [1.807, 2.05) is 25.1 Å². The van der Waals surface area contributed by atoms with Crippen LogP contribution < -0.4 is 14.4 Å². The van der Waals surface area contributed by atoms with Gasteiger partial charge in [-0.1, -0.05) is 12.1 Å². The van der Waals surface area contributed by atoms with E-state index in [9.17, 15) is 8.42 Å². The summed E-state index contributed by atoms with van der Waals surface area (Å²) in [5.74, 6) is 0.879. The molecule has 0 saturated carbocycles. The molecule has 2 aliphatic rings. The van der Waals surface area contributed by atoms with E-state index in [4.69, 9.17) is 10.00 Å². The molecular formula is C19H19N3O3S. The second-order valence-electron chi connectivity index (χ2n) is 6.62. The van der Waals surface area contributed by atoms with Crippen molar-refractivity contribution in [2.24, 2.45) is 0 Å². The van der Waals surface area contributed by atoms with Gasteiger partial charge in [0.15, 0.2) is 0 Å². The molecular weight excluding hydrogens is 350 g/mol. The van der Waals surface area contributed by atoms with Crippen molar-refractivity contribution in [3.05, 3.63) is 48.0 Å². The van der Waals surface area contributed by atoms with Gasteiger partial charge in [-0.05, 0) is 49.6 Å². The molecule has 2 aromatic rings. The molecule has 2 heterocycles. The van der Waals surface area contributed by atoms with Crippen molar-refractivity contribution in [2.75, 3.05) is 11.4 Å². The second-order valence-corrected chi connectivity index (χ2v) is 8.31. The standard InChI is InChI=1S/C19H19N3O3S/c1-13(12-20)14-4-6-15(7-5-14)25-16-8-9-17-18(11-16)26(23,24)21-19-3-2-10-22(17)19/h4-9,11,13,19,21H,2-3,10H2,1H3. The Balaban J connectivity index is 1.62. The number of fused-ring (bicyclic) bond motifs is 3. The molecule has 2 aliphatic heterocycles. The molecule has 0 amide bonds. The summed E-state index contributed by atoms with van der Waals surface area (Å²) in [6.07, 6.45) is 1.65. The van der Waals surface area contributed by atoms with E-state index >= 15 is 0 Å². The average Bonchev–Trinajstić information content (AvgIpc) is 3.09. The highest BCUT2D eigenvalue weighted by Gasteiger charge is 2.37. The Labute approximate surface area is 153 Å². The van der Waals surface area contributed by atoms with Gasteiger partial charge in [0.05, 0.1) is 23.8 Å². The molecule has 0 radical (unpaired) electrons. The van der Waals surface area contributed by atoms with Gasteiger partial charge in [0.25, 0.3) is 0 Å². The van der Waals surface area contributed by atoms with Crippen molar-refractivity contribution in [2.45, 2.75) is 36.7 Å². The molecule has 0 spiro atoms. The van der Waals surface area contributed by atoms with Crippen molar-refractivity contribution < 1.29 is 13.2 Å². The Kier molecular flexibility index (Phi) is 4.10. The van der Waals surface area contributed by atoms with Crippen LogP contribution in [0.2, 0.25) is 0 Å². The summed E-state index contributed by atoms with van der Waals surface area (Å²) in [6, 6.07) is 14.6. The van der Waals surface area contributed by atoms with Crippen LogP contribution in [-0.4, -0.2) is 21.1 Å². The third-order valence-electron chi connectivity index (χ3n) is 4.88. The monoisotopic (exact) mass is 369 g/mol. The number of ether oxygens (including phenoxy) is 1. The van der Waals surface area contributed by atoms with Gasteiger partial charge in [-0.25, -0.2) is 8.42 Å². The minimum Gasteiger partial charge on any atom is -0.457 e. The van der Waals surface area contributed by atoms with E-state index in [2.05, 4.69) is 15.7 Å². The maximum Gasteiger partial charge on any atom is 0.244 e. The van der Waals surface area contributed by atoms with Crippen LogP contribution in [0.25, 0.3) is 0 Å². The van der Waals surface area contributed by atoms with E-state index in [-0.39, 0.29) is 17.0 Å². The molecule has 1 saturated heterocycles. The first-order valence-corrected chi connectivity index (χ1v) is 10.1. The lowest BCUT2D eigenvalue weighted by atomic mass is 10.0. The third kappa shape index (κ3) is 2.91. The van der Waals surface area contributed by atoms with Gasteiger partial charge in [-0.2, -0.15) is 9.98 Å². The minimum absolute atomic E-state index is 0.145. The smallest absolute Gasteiger partial charge is 0.244 e. The van der Waals surface area contributed by atoms with Crippen molar-refractivity contribution in [1.29, 1.82) is 5.26 Å². The van der Waals surface area contributed by atoms with Crippen LogP contribution in [0.15, 0.2) is 47.4 Å². The van der Waals surface area contributed by atoms with Crippen LogP contribution in [-0.2, 0) is 10.0 Å². The lowest BCUT2D eigenvalue weighted by Gasteiger charge is -2.33. The summed E-state index contributed by atoms with van der Waals surface area (Å²) in [6.45, 7) is 2.68. The zero-order valence-electron chi connectivity index (χ0n) is 14.3. The maximum absolute atomic E-state index is 12.5. The molecule has 7 heteroatoms. The number of anilines is 1. The fourth-order valence-corrected chi connectivity index (χ4v) is 4.93. The molecule has 0 aromatic heterocycles. The first-order valence-electron chi connectivity index (χ1n) is 8.58. The number of rotatable bonds is 3. The largest absolute Gasteiger partial charge is 0.457 e. The predicted molar refractivity (Wildman–Crippen MR) is 97.7 cm³/mol. The zero-order valence-corrected chi connectivity index (χ0v) is 15.2. The number of hydrogen-bond acceptors (Lipinski definition) is 5. The van der Waals surface area contributed by atoms with Gasteiger partial charge >= 0.3 is 0 Å². The van der Waals surface area contributed by atoms with Crippen LogP contribution in [0.5, 0.6) is 11.5 Å². The van der Waals surface area contributed by atoms with E-state index in [1.165, 1.54) is 0 Å². The number of hydrogen-bond donors (Lipinski definition) is 1. The molecule has 0 bridgehead atoms. The Morgan fingerprint density at radius 2 is 1.96 bits per heavy atom. The number of sulfonamides is 1. The average molecular weight is 369 g/mol. The number of nitrogens with one attached hydrogen (secondary N) is 1. The molecule has 2 unspecified atom stereocenters. The van der Waals surface area contributed by atoms with E-state index in [0.29, 0.717) is 11.5 Å². The SMILES string of the molecule is CC(C#N)c1ccc(Oc2ccc3c(c2)S(=O)(=O)NC2CCCN32)cc1. The summed E-state index contributed by atoms with van der Waals surface area (Å²) < 4.78 is 33.7. The van der Waals surface area contributed by atoms with Gasteiger partial charge in [-0.15, -0.1) is 0 Å². The van der Waals surface area contributed by atoms with Gasteiger partial charge in [0, 0.05) is 12.6 Å². The highest BCUT2D eigenvalue weighted by atomic mass is 32.2. The Morgan fingerprint density at radius 1 is 1.23 bits per heavy atom.